The second-order valence-electron chi connectivity index (χ2n) is 16.7. The van der Waals surface area contributed by atoms with Gasteiger partial charge in [0, 0.05) is 13.1 Å². The number of ketones is 1. The molecule has 12 nitrogen and oxygen atoms in total. The highest BCUT2D eigenvalue weighted by atomic mass is 32.2. The van der Waals surface area contributed by atoms with Crippen molar-refractivity contribution in [2.45, 2.75) is 147 Å². The fourth-order valence-electron chi connectivity index (χ4n) is 8.39. The van der Waals surface area contributed by atoms with Crippen LogP contribution in [0.1, 0.15) is 118 Å². The van der Waals surface area contributed by atoms with Crippen LogP contribution in [0, 0.1) is 23.2 Å². The highest BCUT2D eigenvalue weighted by molar-refractivity contribution is 7.92. The standard InChI is InChI=1S/C37H61N5O7S/c1-7-19-38-33(45)30(43)27(23-25-14-15-25)39-32(44)29-26(22-24(2)3)16-20-42(29)34(46)31(36(4,5)6)40-35(47)41-37(17-10-8-11-18-37)28-13-9-12-21-50(28,48)49/h7,24-29,31H,1,8-23H2,2-6H3,(H,38,45)(H,39,44)(H2,40,41,47)/t26-,27+,28-,29+,31-/m1/s1. The molecule has 2 saturated heterocycles. The maximum atomic E-state index is 14.6. The highest BCUT2D eigenvalue weighted by Gasteiger charge is 2.50. The average Bonchev–Trinajstić information content (AvgIpc) is 3.77. The Labute approximate surface area is 299 Å². The molecule has 2 saturated carbocycles. The minimum atomic E-state index is -3.39. The summed E-state index contributed by atoms with van der Waals surface area (Å²) in [5.74, 6) is -1.96. The van der Waals surface area contributed by atoms with Gasteiger partial charge in [-0.2, -0.15) is 0 Å². The van der Waals surface area contributed by atoms with E-state index in [-0.39, 0.29) is 30.1 Å². The third kappa shape index (κ3) is 9.88. The molecule has 0 aromatic heterocycles. The van der Waals surface area contributed by atoms with E-state index in [2.05, 4.69) is 41.7 Å². The molecule has 0 aromatic rings. The minimum absolute atomic E-state index is 0.119. The average molecular weight is 720 g/mol. The summed E-state index contributed by atoms with van der Waals surface area (Å²) in [6.45, 7) is 13.7. The molecule has 0 bridgehead atoms. The number of urea groups is 1. The van der Waals surface area contributed by atoms with Gasteiger partial charge in [0.2, 0.25) is 17.6 Å². The number of likely N-dealkylation sites (tertiary alicyclic amines) is 1. The molecule has 4 N–H and O–H groups in total. The van der Waals surface area contributed by atoms with Gasteiger partial charge in [-0.25, -0.2) is 13.2 Å². The van der Waals surface area contributed by atoms with Gasteiger partial charge in [-0.1, -0.05) is 79.2 Å². The van der Waals surface area contributed by atoms with Crippen LogP contribution in [0.15, 0.2) is 12.7 Å². The van der Waals surface area contributed by atoms with Gasteiger partial charge < -0.3 is 26.2 Å². The summed E-state index contributed by atoms with van der Waals surface area (Å²) in [7, 11) is -3.39. The number of carbonyl (C=O) groups is 5. The maximum Gasteiger partial charge on any atom is 0.315 e. The Morgan fingerprint density at radius 3 is 2.18 bits per heavy atom. The van der Waals surface area contributed by atoms with Crippen molar-refractivity contribution in [2.24, 2.45) is 23.2 Å². The monoisotopic (exact) mass is 719 g/mol. The Morgan fingerprint density at radius 2 is 1.60 bits per heavy atom. The van der Waals surface area contributed by atoms with Gasteiger partial charge in [0.15, 0.2) is 9.84 Å². The minimum Gasteiger partial charge on any atom is -0.346 e. The van der Waals surface area contributed by atoms with Gasteiger partial charge in [-0.3, -0.25) is 19.2 Å². The van der Waals surface area contributed by atoms with Crippen LogP contribution < -0.4 is 21.3 Å². The Hall–Kier alpha value is -2.96. The molecule has 2 aliphatic carbocycles. The van der Waals surface area contributed by atoms with Crippen LogP contribution in [0.4, 0.5) is 4.79 Å². The Morgan fingerprint density at radius 1 is 0.920 bits per heavy atom. The fraction of sp³-hybridized carbons (Fsp3) is 0.811. The number of carbonyl (C=O) groups excluding carboxylic acids is 5. The Kier molecular flexibility index (Phi) is 13.2. The SMILES string of the molecule is C=CCNC(=O)C(=O)[C@H](CC1CC1)NC(=O)[C@@H]1[C@@H](CC(C)C)CCN1C(=O)[C@@H](NC(=O)NC1([C@H]2CCCCS2(=O)=O)CCCCC1)C(C)(C)C. The summed E-state index contributed by atoms with van der Waals surface area (Å²) in [5.41, 5.74) is -1.65. The zero-order valence-corrected chi connectivity index (χ0v) is 31.7. The van der Waals surface area contributed by atoms with Crippen molar-refractivity contribution in [1.82, 2.24) is 26.2 Å². The van der Waals surface area contributed by atoms with Crippen molar-refractivity contribution < 1.29 is 32.4 Å². The molecule has 4 aliphatic rings. The lowest BCUT2D eigenvalue weighted by molar-refractivity contribution is -0.144. The summed E-state index contributed by atoms with van der Waals surface area (Å²) in [5, 5.41) is 10.8. The van der Waals surface area contributed by atoms with Gasteiger partial charge in [0.25, 0.3) is 5.91 Å². The first-order valence-corrected chi connectivity index (χ1v) is 20.5. The summed E-state index contributed by atoms with van der Waals surface area (Å²) in [6.07, 6.45) is 10.6. The molecule has 0 unspecified atom stereocenters. The van der Waals surface area contributed by atoms with Gasteiger partial charge in [0.1, 0.15) is 12.1 Å². The van der Waals surface area contributed by atoms with Crippen molar-refractivity contribution in [3.63, 3.8) is 0 Å². The van der Waals surface area contributed by atoms with Crippen LogP contribution in [0.5, 0.6) is 0 Å². The number of hydrogen-bond donors (Lipinski definition) is 4. The first kappa shape index (κ1) is 39.8. The van der Waals surface area contributed by atoms with E-state index in [1.165, 1.54) is 11.0 Å². The van der Waals surface area contributed by atoms with Crippen LogP contribution in [0.25, 0.3) is 0 Å². The predicted octanol–water partition coefficient (Wildman–Crippen LogP) is 3.79. The Bertz CT molecular complexity index is 1380. The molecule has 2 aliphatic heterocycles. The molecule has 5 amide bonds. The third-order valence-electron chi connectivity index (χ3n) is 11.1. The number of sulfone groups is 1. The molecular weight excluding hydrogens is 659 g/mol. The Balaban J connectivity index is 1.57. The molecule has 5 atom stereocenters. The molecule has 0 aromatic carbocycles. The van der Waals surface area contributed by atoms with E-state index in [0.29, 0.717) is 51.5 Å². The number of Topliss-reactive ketones (excluding diaryl/α,β-unsaturated/α-hetero) is 1. The van der Waals surface area contributed by atoms with Crippen LogP contribution in [-0.2, 0) is 29.0 Å². The lowest BCUT2D eigenvalue weighted by Gasteiger charge is -2.45. The third-order valence-corrected chi connectivity index (χ3v) is 13.5. The van der Waals surface area contributed by atoms with Crippen LogP contribution >= 0.6 is 0 Å². The second kappa shape index (κ2) is 16.6. The van der Waals surface area contributed by atoms with E-state index in [9.17, 15) is 32.4 Å². The number of nitrogens with one attached hydrogen (secondary N) is 4. The number of rotatable bonds is 14. The van der Waals surface area contributed by atoms with Crippen LogP contribution in [0.3, 0.4) is 0 Å². The molecule has 2 heterocycles. The zero-order chi connectivity index (χ0) is 36.9. The number of nitrogens with zero attached hydrogens (tertiary/aromatic N) is 1. The van der Waals surface area contributed by atoms with Crippen LogP contribution in [-0.4, -0.2) is 90.6 Å². The van der Waals surface area contributed by atoms with E-state index in [0.717, 1.165) is 38.5 Å². The smallest absolute Gasteiger partial charge is 0.315 e. The summed E-state index contributed by atoms with van der Waals surface area (Å²) < 4.78 is 26.6. The fourth-order valence-corrected chi connectivity index (χ4v) is 10.8. The maximum absolute atomic E-state index is 14.6. The van der Waals surface area contributed by atoms with Gasteiger partial charge in [0.05, 0.1) is 22.6 Å². The molecule has 0 spiro atoms. The second-order valence-corrected chi connectivity index (χ2v) is 19.0. The summed E-state index contributed by atoms with van der Waals surface area (Å²) in [4.78, 5) is 70.0. The topological polar surface area (TPSA) is 171 Å². The van der Waals surface area contributed by atoms with E-state index in [4.69, 9.17) is 0 Å². The molecule has 0 radical (unpaired) electrons. The van der Waals surface area contributed by atoms with E-state index in [1.807, 2.05) is 20.8 Å². The van der Waals surface area contributed by atoms with Gasteiger partial charge in [-0.05, 0) is 68.1 Å². The molecule has 13 heteroatoms. The van der Waals surface area contributed by atoms with Crippen molar-refractivity contribution in [2.75, 3.05) is 18.8 Å². The largest absolute Gasteiger partial charge is 0.346 e. The first-order valence-electron chi connectivity index (χ1n) is 18.8. The van der Waals surface area contributed by atoms with Gasteiger partial charge >= 0.3 is 6.03 Å². The highest BCUT2D eigenvalue weighted by Crippen LogP contribution is 2.39. The molecule has 282 valence electrons. The molecule has 4 rings (SSSR count). The quantitative estimate of drug-likeness (QED) is 0.156. The van der Waals surface area contributed by atoms with E-state index in [1.54, 1.807) is 0 Å². The van der Waals surface area contributed by atoms with Gasteiger partial charge in [-0.15, -0.1) is 6.58 Å². The van der Waals surface area contributed by atoms with Crippen molar-refractivity contribution in [3.8, 4) is 0 Å². The molecule has 50 heavy (non-hydrogen) atoms. The molecular formula is C37H61N5O7S. The van der Waals surface area contributed by atoms with E-state index < -0.39 is 73.7 Å². The number of amides is 5. The van der Waals surface area contributed by atoms with Crippen molar-refractivity contribution >= 4 is 39.4 Å². The number of hydrogen-bond acceptors (Lipinski definition) is 7. The summed E-state index contributed by atoms with van der Waals surface area (Å²) >= 11 is 0. The molecule has 4 fully saturated rings. The predicted molar refractivity (Wildman–Crippen MR) is 193 cm³/mol. The van der Waals surface area contributed by atoms with Crippen molar-refractivity contribution in [1.29, 1.82) is 0 Å². The normalized spacial score (nSPS) is 26.0. The lowest BCUT2D eigenvalue weighted by Crippen LogP contribution is -2.66. The van der Waals surface area contributed by atoms with E-state index >= 15 is 0 Å². The lowest BCUT2D eigenvalue weighted by atomic mass is 9.77. The zero-order valence-electron chi connectivity index (χ0n) is 30.9. The first-order chi connectivity index (χ1) is 23.5. The summed E-state index contributed by atoms with van der Waals surface area (Å²) in [6, 6.07) is -3.50. The van der Waals surface area contributed by atoms with Crippen LogP contribution in [0.2, 0.25) is 0 Å². The van der Waals surface area contributed by atoms with Crippen molar-refractivity contribution in [3.05, 3.63) is 12.7 Å².